The SMILES string of the molecule is CC1CCCC(NC(=O)c2ncccc2C#CCN)CC1. The highest BCUT2D eigenvalue weighted by molar-refractivity contribution is 5.94. The number of hydrogen-bond acceptors (Lipinski definition) is 3. The van der Waals surface area contributed by atoms with Crippen LogP contribution in [-0.2, 0) is 0 Å². The Morgan fingerprint density at radius 3 is 3.10 bits per heavy atom. The van der Waals surface area contributed by atoms with Crippen molar-refractivity contribution in [3.8, 4) is 11.8 Å². The van der Waals surface area contributed by atoms with Gasteiger partial charge in [0, 0.05) is 12.2 Å². The molecule has 1 amide bonds. The summed E-state index contributed by atoms with van der Waals surface area (Å²) in [6.45, 7) is 2.56. The number of amides is 1. The first kappa shape index (κ1) is 15.5. The highest BCUT2D eigenvalue weighted by Gasteiger charge is 2.20. The van der Waals surface area contributed by atoms with Crippen molar-refractivity contribution < 1.29 is 4.79 Å². The molecule has 1 fully saturated rings. The van der Waals surface area contributed by atoms with Gasteiger partial charge in [0.05, 0.1) is 12.1 Å². The van der Waals surface area contributed by atoms with Crippen LogP contribution >= 0.6 is 0 Å². The summed E-state index contributed by atoms with van der Waals surface area (Å²) in [5.41, 5.74) is 6.43. The van der Waals surface area contributed by atoms with Gasteiger partial charge in [0.1, 0.15) is 5.69 Å². The van der Waals surface area contributed by atoms with E-state index < -0.39 is 0 Å². The molecule has 1 saturated carbocycles. The molecule has 1 aliphatic rings. The van der Waals surface area contributed by atoms with Crippen LogP contribution < -0.4 is 11.1 Å². The molecule has 1 aromatic heterocycles. The second kappa shape index (κ2) is 7.80. The fraction of sp³-hybridized carbons (Fsp3) is 0.529. The van der Waals surface area contributed by atoms with Crippen molar-refractivity contribution in [1.29, 1.82) is 0 Å². The number of nitrogens with one attached hydrogen (secondary N) is 1. The molecule has 1 aliphatic carbocycles. The first-order chi connectivity index (χ1) is 10.2. The molecular formula is C17H23N3O. The van der Waals surface area contributed by atoms with E-state index in [0.29, 0.717) is 11.3 Å². The van der Waals surface area contributed by atoms with Gasteiger partial charge in [-0.2, -0.15) is 0 Å². The molecule has 0 spiro atoms. The number of nitrogens with two attached hydrogens (primary N) is 1. The monoisotopic (exact) mass is 285 g/mol. The van der Waals surface area contributed by atoms with Crippen molar-refractivity contribution in [1.82, 2.24) is 10.3 Å². The van der Waals surface area contributed by atoms with E-state index in [2.05, 4.69) is 29.1 Å². The average molecular weight is 285 g/mol. The first-order valence-corrected chi connectivity index (χ1v) is 7.65. The Hall–Kier alpha value is -1.86. The molecule has 0 aliphatic heterocycles. The van der Waals surface area contributed by atoms with Crippen LogP contribution in [0.3, 0.4) is 0 Å². The van der Waals surface area contributed by atoms with Gasteiger partial charge in [0.25, 0.3) is 5.91 Å². The Morgan fingerprint density at radius 1 is 1.43 bits per heavy atom. The van der Waals surface area contributed by atoms with Crippen molar-refractivity contribution in [2.45, 2.75) is 45.1 Å². The highest BCUT2D eigenvalue weighted by Crippen LogP contribution is 2.22. The summed E-state index contributed by atoms with van der Waals surface area (Å²) in [6, 6.07) is 3.84. The van der Waals surface area contributed by atoms with E-state index in [1.54, 1.807) is 18.3 Å². The van der Waals surface area contributed by atoms with Gasteiger partial charge in [0.15, 0.2) is 0 Å². The Kier molecular flexibility index (Phi) is 5.77. The fourth-order valence-corrected chi connectivity index (χ4v) is 2.72. The molecule has 3 N–H and O–H groups in total. The zero-order valence-corrected chi connectivity index (χ0v) is 12.6. The van der Waals surface area contributed by atoms with Gasteiger partial charge in [-0.3, -0.25) is 4.79 Å². The fourth-order valence-electron chi connectivity index (χ4n) is 2.72. The average Bonchev–Trinajstić information content (AvgIpc) is 2.70. The van der Waals surface area contributed by atoms with Crippen LogP contribution in [0.15, 0.2) is 18.3 Å². The summed E-state index contributed by atoms with van der Waals surface area (Å²) >= 11 is 0. The van der Waals surface area contributed by atoms with Crippen LogP contribution in [0, 0.1) is 17.8 Å². The van der Waals surface area contributed by atoms with Gasteiger partial charge >= 0.3 is 0 Å². The maximum absolute atomic E-state index is 12.4. The van der Waals surface area contributed by atoms with Gasteiger partial charge in [-0.1, -0.05) is 31.6 Å². The number of nitrogens with zero attached hydrogens (tertiary/aromatic N) is 1. The molecule has 1 aromatic rings. The molecule has 2 atom stereocenters. The Balaban J connectivity index is 2.06. The molecule has 0 radical (unpaired) electrons. The molecule has 2 unspecified atom stereocenters. The number of hydrogen-bond donors (Lipinski definition) is 2. The van der Waals surface area contributed by atoms with Crippen LogP contribution in [0.1, 0.15) is 55.1 Å². The zero-order chi connectivity index (χ0) is 15.1. The molecule has 4 heteroatoms. The maximum atomic E-state index is 12.4. The van der Waals surface area contributed by atoms with E-state index in [1.165, 1.54) is 19.3 Å². The minimum Gasteiger partial charge on any atom is -0.348 e. The van der Waals surface area contributed by atoms with Gasteiger partial charge in [-0.25, -0.2) is 4.98 Å². The third-order valence-electron chi connectivity index (χ3n) is 3.94. The quantitative estimate of drug-likeness (QED) is 0.646. The molecule has 2 rings (SSSR count). The lowest BCUT2D eigenvalue weighted by Gasteiger charge is -2.16. The largest absolute Gasteiger partial charge is 0.348 e. The van der Waals surface area contributed by atoms with E-state index >= 15 is 0 Å². The normalized spacial score (nSPS) is 21.8. The van der Waals surface area contributed by atoms with Crippen molar-refractivity contribution in [3.63, 3.8) is 0 Å². The van der Waals surface area contributed by atoms with E-state index in [0.717, 1.165) is 18.8 Å². The molecule has 21 heavy (non-hydrogen) atoms. The molecule has 0 saturated heterocycles. The lowest BCUT2D eigenvalue weighted by Crippen LogP contribution is -2.35. The number of pyridine rings is 1. The Labute approximate surface area is 126 Å². The lowest BCUT2D eigenvalue weighted by molar-refractivity contribution is 0.0928. The Bertz CT molecular complexity index is 544. The van der Waals surface area contributed by atoms with Crippen molar-refractivity contribution >= 4 is 5.91 Å². The number of carbonyl (C=O) groups is 1. The van der Waals surface area contributed by atoms with Gasteiger partial charge in [-0.15, -0.1) is 0 Å². The maximum Gasteiger partial charge on any atom is 0.271 e. The Morgan fingerprint density at radius 2 is 2.29 bits per heavy atom. The molecular weight excluding hydrogens is 262 g/mol. The summed E-state index contributed by atoms with van der Waals surface area (Å²) in [7, 11) is 0. The predicted octanol–water partition coefficient (Wildman–Crippen LogP) is 2.09. The summed E-state index contributed by atoms with van der Waals surface area (Å²) in [5, 5.41) is 3.11. The van der Waals surface area contributed by atoms with Crippen molar-refractivity contribution in [2.24, 2.45) is 11.7 Å². The first-order valence-electron chi connectivity index (χ1n) is 7.65. The topological polar surface area (TPSA) is 68.0 Å². The summed E-state index contributed by atoms with van der Waals surface area (Å²) in [5.74, 6) is 6.32. The molecule has 112 valence electrons. The van der Waals surface area contributed by atoms with Crippen LogP contribution in [0.25, 0.3) is 0 Å². The van der Waals surface area contributed by atoms with E-state index in [4.69, 9.17) is 5.73 Å². The third kappa shape index (κ3) is 4.57. The predicted molar refractivity (Wildman–Crippen MR) is 83.7 cm³/mol. The molecule has 4 nitrogen and oxygen atoms in total. The van der Waals surface area contributed by atoms with Crippen LogP contribution in [0.5, 0.6) is 0 Å². The van der Waals surface area contributed by atoms with E-state index in [9.17, 15) is 4.79 Å². The van der Waals surface area contributed by atoms with Gasteiger partial charge in [0.2, 0.25) is 0 Å². The van der Waals surface area contributed by atoms with Crippen LogP contribution in [-0.4, -0.2) is 23.5 Å². The molecule has 1 heterocycles. The van der Waals surface area contributed by atoms with Crippen molar-refractivity contribution in [3.05, 3.63) is 29.6 Å². The van der Waals surface area contributed by atoms with Crippen LogP contribution in [0.4, 0.5) is 0 Å². The molecule has 0 bridgehead atoms. The summed E-state index contributed by atoms with van der Waals surface area (Å²) in [6.07, 6.45) is 7.32. The number of rotatable bonds is 2. The summed E-state index contributed by atoms with van der Waals surface area (Å²) in [4.78, 5) is 16.6. The minimum absolute atomic E-state index is 0.128. The van der Waals surface area contributed by atoms with Gasteiger partial charge in [-0.05, 0) is 37.3 Å². The second-order valence-electron chi connectivity index (χ2n) is 5.69. The van der Waals surface area contributed by atoms with Gasteiger partial charge < -0.3 is 11.1 Å². The smallest absolute Gasteiger partial charge is 0.271 e. The van der Waals surface area contributed by atoms with Crippen LogP contribution in [0.2, 0.25) is 0 Å². The zero-order valence-electron chi connectivity index (χ0n) is 12.6. The third-order valence-corrected chi connectivity index (χ3v) is 3.94. The molecule has 0 aromatic carbocycles. The number of aromatic nitrogens is 1. The van der Waals surface area contributed by atoms with E-state index in [1.807, 2.05) is 0 Å². The lowest BCUT2D eigenvalue weighted by atomic mass is 10.0. The summed E-state index contributed by atoms with van der Waals surface area (Å²) < 4.78 is 0. The second-order valence-corrected chi connectivity index (χ2v) is 5.69. The van der Waals surface area contributed by atoms with E-state index in [-0.39, 0.29) is 18.5 Å². The van der Waals surface area contributed by atoms with Crippen molar-refractivity contribution in [2.75, 3.05) is 6.54 Å². The highest BCUT2D eigenvalue weighted by atomic mass is 16.1. The number of carbonyl (C=O) groups excluding carboxylic acids is 1. The minimum atomic E-state index is -0.128. The standard InChI is InChI=1S/C17H23N3O/c1-13-5-2-8-15(10-9-13)20-17(21)16-14(6-3-11-18)7-4-12-19-16/h4,7,12-13,15H,2,5,8-11,18H2,1H3,(H,20,21).